The van der Waals surface area contributed by atoms with Crippen LogP contribution < -0.4 is 10.5 Å². The van der Waals surface area contributed by atoms with Crippen LogP contribution in [0.3, 0.4) is 0 Å². The fraction of sp³-hybridized carbons (Fsp3) is 0.125. The molecular weight excluding hydrogens is 270 g/mol. The molecule has 0 spiro atoms. The summed E-state index contributed by atoms with van der Waals surface area (Å²) in [5.74, 6) is 0.101. The Bertz CT molecular complexity index is 555. The molecule has 2 aromatic rings. The van der Waals surface area contributed by atoms with E-state index in [1.165, 1.54) is 0 Å². The first-order valence-electron chi connectivity index (χ1n) is 6.36. The first-order chi connectivity index (χ1) is 10.1. The molecule has 5 heteroatoms. The van der Waals surface area contributed by atoms with E-state index in [0.717, 1.165) is 12.0 Å². The molecule has 0 heterocycles. The predicted molar refractivity (Wildman–Crippen MR) is 79.1 cm³/mol. The van der Waals surface area contributed by atoms with Gasteiger partial charge in [0.2, 0.25) is 5.91 Å². The Balaban J connectivity index is 0.000000211. The molecule has 0 aliphatic rings. The maximum Gasteiger partial charge on any atom is 0.511 e. The number of hydrogen-bond donors (Lipinski definition) is 2. The van der Waals surface area contributed by atoms with Crippen LogP contribution >= 0.6 is 0 Å². The highest BCUT2D eigenvalue weighted by Crippen LogP contribution is 2.07. The SMILES string of the molecule is NC(=O)CCc1ccccc1.O=C(O)Oc1ccccc1. The van der Waals surface area contributed by atoms with Crippen molar-refractivity contribution in [2.45, 2.75) is 12.8 Å². The topological polar surface area (TPSA) is 89.6 Å². The maximum atomic E-state index is 10.4. The number of ether oxygens (including phenoxy) is 1. The summed E-state index contributed by atoms with van der Waals surface area (Å²) in [6.07, 6.45) is -0.105. The van der Waals surface area contributed by atoms with Crippen LogP contribution in [0.25, 0.3) is 0 Å². The number of aryl methyl sites for hydroxylation is 1. The van der Waals surface area contributed by atoms with Gasteiger partial charge in [-0.3, -0.25) is 4.79 Å². The fourth-order valence-electron chi connectivity index (χ4n) is 1.50. The Hall–Kier alpha value is -2.82. The number of carbonyl (C=O) groups excluding carboxylic acids is 1. The van der Waals surface area contributed by atoms with E-state index in [9.17, 15) is 9.59 Å². The molecule has 0 aliphatic heterocycles. The molecule has 0 aliphatic carbocycles. The van der Waals surface area contributed by atoms with Gasteiger partial charge in [-0.25, -0.2) is 4.79 Å². The zero-order valence-electron chi connectivity index (χ0n) is 11.4. The van der Waals surface area contributed by atoms with Gasteiger partial charge in [0.25, 0.3) is 0 Å². The second-order valence-electron chi connectivity index (χ2n) is 4.13. The molecule has 0 saturated heterocycles. The number of primary amides is 1. The Morgan fingerprint density at radius 3 is 1.95 bits per heavy atom. The van der Waals surface area contributed by atoms with Crippen molar-refractivity contribution in [1.82, 2.24) is 0 Å². The van der Waals surface area contributed by atoms with E-state index in [-0.39, 0.29) is 5.91 Å². The number of amides is 1. The zero-order chi connectivity index (χ0) is 15.5. The summed E-state index contributed by atoms with van der Waals surface area (Å²) in [7, 11) is 0. The third-order valence-corrected chi connectivity index (χ3v) is 2.45. The number of carboxylic acid groups (broad SMARTS) is 1. The van der Waals surface area contributed by atoms with Gasteiger partial charge in [-0.05, 0) is 24.1 Å². The maximum absolute atomic E-state index is 10.4. The van der Waals surface area contributed by atoms with Crippen LogP contribution in [0.15, 0.2) is 60.7 Å². The van der Waals surface area contributed by atoms with Gasteiger partial charge in [0.15, 0.2) is 0 Å². The van der Waals surface area contributed by atoms with Crippen LogP contribution in [0.1, 0.15) is 12.0 Å². The number of benzene rings is 2. The van der Waals surface area contributed by atoms with E-state index in [2.05, 4.69) is 4.74 Å². The number of nitrogens with two attached hydrogens (primary N) is 1. The van der Waals surface area contributed by atoms with Gasteiger partial charge in [0, 0.05) is 6.42 Å². The lowest BCUT2D eigenvalue weighted by Crippen LogP contribution is -2.10. The number of rotatable bonds is 4. The van der Waals surface area contributed by atoms with Crippen molar-refractivity contribution in [2.75, 3.05) is 0 Å². The van der Waals surface area contributed by atoms with Crippen molar-refractivity contribution < 1.29 is 19.4 Å². The van der Waals surface area contributed by atoms with Crippen molar-refractivity contribution in [2.24, 2.45) is 5.73 Å². The Morgan fingerprint density at radius 2 is 1.48 bits per heavy atom. The van der Waals surface area contributed by atoms with Gasteiger partial charge >= 0.3 is 6.16 Å². The second kappa shape index (κ2) is 9.14. The van der Waals surface area contributed by atoms with Crippen molar-refractivity contribution in [3.05, 3.63) is 66.2 Å². The Morgan fingerprint density at radius 1 is 0.952 bits per heavy atom. The summed E-state index contributed by atoms with van der Waals surface area (Å²) in [6, 6.07) is 18.2. The van der Waals surface area contributed by atoms with E-state index in [4.69, 9.17) is 10.8 Å². The third-order valence-electron chi connectivity index (χ3n) is 2.45. The lowest BCUT2D eigenvalue weighted by atomic mass is 10.1. The largest absolute Gasteiger partial charge is 0.511 e. The highest BCUT2D eigenvalue weighted by atomic mass is 16.7. The van der Waals surface area contributed by atoms with Crippen molar-refractivity contribution in [3.63, 3.8) is 0 Å². The molecule has 3 N–H and O–H groups in total. The second-order valence-corrected chi connectivity index (χ2v) is 4.13. The Kier molecular flexibility index (Phi) is 7.07. The number of carbonyl (C=O) groups is 2. The molecule has 5 nitrogen and oxygen atoms in total. The molecule has 0 aromatic heterocycles. The van der Waals surface area contributed by atoms with E-state index >= 15 is 0 Å². The minimum atomic E-state index is -1.29. The smallest absolute Gasteiger partial charge is 0.449 e. The predicted octanol–water partition coefficient (Wildman–Crippen LogP) is 2.85. The quantitative estimate of drug-likeness (QED) is 0.668. The summed E-state index contributed by atoms with van der Waals surface area (Å²) in [5.41, 5.74) is 6.16. The van der Waals surface area contributed by atoms with Gasteiger partial charge in [-0.1, -0.05) is 48.5 Å². The minimum Gasteiger partial charge on any atom is -0.449 e. The molecule has 0 bridgehead atoms. The van der Waals surface area contributed by atoms with Crippen LogP contribution in [-0.2, 0) is 11.2 Å². The molecule has 2 rings (SSSR count). The molecule has 0 fully saturated rings. The highest BCUT2D eigenvalue weighted by Gasteiger charge is 1.96. The van der Waals surface area contributed by atoms with Crippen LogP contribution in [0.4, 0.5) is 4.79 Å². The van der Waals surface area contributed by atoms with Crippen LogP contribution in [0.2, 0.25) is 0 Å². The first-order valence-corrected chi connectivity index (χ1v) is 6.36. The van der Waals surface area contributed by atoms with Gasteiger partial charge in [0.05, 0.1) is 0 Å². The van der Waals surface area contributed by atoms with Crippen molar-refractivity contribution in [3.8, 4) is 5.75 Å². The third kappa shape index (κ3) is 8.05. The van der Waals surface area contributed by atoms with Crippen molar-refractivity contribution >= 4 is 12.1 Å². The van der Waals surface area contributed by atoms with Gasteiger partial charge < -0.3 is 15.6 Å². The summed E-state index contributed by atoms with van der Waals surface area (Å²) in [5, 5.41) is 8.14. The van der Waals surface area contributed by atoms with Crippen molar-refractivity contribution in [1.29, 1.82) is 0 Å². The average Bonchev–Trinajstić information content (AvgIpc) is 2.47. The summed E-state index contributed by atoms with van der Waals surface area (Å²) >= 11 is 0. The number of hydrogen-bond acceptors (Lipinski definition) is 3. The van der Waals surface area contributed by atoms with E-state index in [1.807, 2.05) is 30.3 Å². The van der Waals surface area contributed by atoms with E-state index < -0.39 is 6.16 Å². The van der Waals surface area contributed by atoms with Crippen LogP contribution in [-0.4, -0.2) is 17.2 Å². The van der Waals surface area contributed by atoms with Crippen LogP contribution in [0, 0.1) is 0 Å². The highest BCUT2D eigenvalue weighted by molar-refractivity contribution is 5.73. The molecule has 2 aromatic carbocycles. The fourth-order valence-corrected chi connectivity index (χ4v) is 1.50. The van der Waals surface area contributed by atoms with Gasteiger partial charge in [-0.15, -0.1) is 0 Å². The monoisotopic (exact) mass is 287 g/mol. The van der Waals surface area contributed by atoms with Gasteiger partial charge in [-0.2, -0.15) is 0 Å². The molecular formula is C16H17NO4. The summed E-state index contributed by atoms with van der Waals surface area (Å²) in [4.78, 5) is 20.3. The minimum absolute atomic E-state index is 0.242. The standard InChI is InChI=1S/C9H11NO.C7H6O3/c10-9(11)7-6-8-4-2-1-3-5-8;8-7(9)10-6-4-2-1-3-5-6/h1-5H,6-7H2,(H2,10,11);1-5H,(H,8,9). The molecule has 110 valence electrons. The summed E-state index contributed by atoms with van der Waals surface area (Å²) in [6.45, 7) is 0. The molecule has 0 radical (unpaired) electrons. The van der Waals surface area contributed by atoms with E-state index in [0.29, 0.717) is 12.2 Å². The lowest BCUT2D eigenvalue weighted by molar-refractivity contribution is -0.117. The summed E-state index contributed by atoms with van der Waals surface area (Å²) < 4.78 is 4.33. The van der Waals surface area contributed by atoms with E-state index in [1.54, 1.807) is 30.3 Å². The zero-order valence-corrected chi connectivity index (χ0v) is 11.4. The van der Waals surface area contributed by atoms with Crippen LogP contribution in [0.5, 0.6) is 5.75 Å². The Labute approximate surface area is 123 Å². The molecule has 0 unspecified atom stereocenters. The first kappa shape index (κ1) is 16.2. The van der Waals surface area contributed by atoms with Gasteiger partial charge in [0.1, 0.15) is 5.75 Å². The molecule has 1 amide bonds. The normalized spacial score (nSPS) is 9.14. The number of para-hydroxylation sites is 1. The molecule has 0 atom stereocenters. The molecule has 0 saturated carbocycles. The lowest BCUT2D eigenvalue weighted by Gasteiger charge is -1.96. The molecule has 21 heavy (non-hydrogen) atoms. The average molecular weight is 287 g/mol.